The Hall–Kier alpha value is -13.2. The lowest BCUT2D eigenvalue weighted by molar-refractivity contribution is 0.0600. The van der Waals surface area contributed by atoms with Crippen LogP contribution in [-0.4, -0.2) is 199 Å². The summed E-state index contributed by atoms with van der Waals surface area (Å²) in [5, 5.41) is 24.3. The molecule has 0 radical (unpaired) electrons. The summed E-state index contributed by atoms with van der Waals surface area (Å²) in [6.45, 7) is 27.0. The minimum Gasteiger partial charge on any atom is -0.489 e. The van der Waals surface area contributed by atoms with Crippen molar-refractivity contribution in [1.29, 1.82) is 0 Å². The van der Waals surface area contributed by atoms with Crippen molar-refractivity contribution >= 4 is 195 Å². The number of hydrogen-bond donors (Lipinski definition) is 7. The lowest BCUT2D eigenvalue weighted by Gasteiger charge is -2.28. The van der Waals surface area contributed by atoms with Crippen molar-refractivity contribution in [2.45, 2.75) is 209 Å². The van der Waals surface area contributed by atoms with E-state index in [1.54, 1.807) is 30.3 Å². The van der Waals surface area contributed by atoms with Crippen molar-refractivity contribution in [1.82, 2.24) is 90.3 Å². The lowest BCUT2D eigenvalue weighted by Crippen LogP contribution is -2.31. The van der Waals surface area contributed by atoms with Crippen LogP contribution in [0.5, 0.6) is 28.7 Å². The molecule has 0 saturated carbocycles. The number of ketones is 5. The van der Waals surface area contributed by atoms with Crippen LogP contribution in [0.4, 0.5) is 79.5 Å². The number of thiazole rings is 5. The number of Topliss-reactive ketones (excluding diaryl/α,β-unsaturated/α-hetero) is 5. The Bertz CT molecular complexity index is 6890. The fourth-order valence-corrected chi connectivity index (χ4v) is 20.2. The van der Waals surface area contributed by atoms with Gasteiger partial charge in [-0.25, -0.2) is 96.7 Å². The maximum atomic E-state index is 13.7. The van der Waals surface area contributed by atoms with E-state index in [0.29, 0.717) is 226 Å². The van der Waals surface area contributed by atoms with Crippen LogP contribution in [0.25, 0.3) is 51.7 Å². The quantitative estimate of drug-likeness (QED) is 0.0107. The summed E-state index contributed by atoms with van der Waals surface area (Å²) < 4.78 is 102. The first kappa shape index (κ1) is 110. The first-order valence-electron chi connectivity index (χ1n) is 49.3. The zero-order valence-corrected chi connectivity index (χ0v) is 88.6. The molecule has 3 fully saturated rings. The molecule has 0 unspecified atom stereocenters. The molecule has 44 heteroatoms. The average Bonchev–Trinajstić information content (AvgIpc) is 1.67. The molecule has 782 valence electrons. The van der Waals surface area contributed by atoms with Crippen molar-refractivity contribution < 1.29 is 74.3 Å². The molecule has 0 atom stereocenters. The number of hydrogen-bond acceptors (Lipinski definition) is 39. The van der Waals surface area contributed by atoms with Crippen LogP contribution >= 0.6 is 56.7 Å². The molecule has 15 aromatic rings. The van der Waals surface area contributed by atoms with Crippen LogP contribution in [0, 0.1) is 46.8 Å². The van der Waals surface area contributed by atoms with Gasteiger partial charge in [0, 0.05) is 75.6 Å². The van der Waals surface area contributed by atoms with E-state index in [2.05, 4.69) is 131 Å². The van der Waals surface area contributed by atoms with E-state index in [1.807, 2.05) is 76.3 Å². The molecular weight excluding hydrogens is 2000 g/mol. The fourth-order valence-electron chi connectivity index (χ4n) is 15.9. The van der Waals surface area contributed by atoms with E-state index >= 15 is 0 Å². The molecule has 0 amide bonds. The SMILES string of the molecule is CC(C)Oc1cc(F)ccc1Nc1ncnc2sc(C(=O)CC3CCN(C)CC3)nc12.CC(C)Oc1cc(F)ccc1Nc1ncnc2sc(C(=O)CC3CCNCC3)nc12.CC(C)Oc1cc(F)ccc1Nc1ncnc2sc(C(=O)CC3CCOCC3)nc12.CCCCCCC(=O)c1nc2c(Nc3ccc(F)cc3OC(C)C)ncnc2s1.CNCCCC(=O)c1nc2c(Nc3ccc(F)cc3OC(C)C)ncnc2s1. The van der Waals surface area contributed by atoms with Gasteiger partial charge in [-0.2, -0.15) is 0 Å². The van der Waals surface area contributed by atoms with Gasteiger partial charge in [0.1, 0.15) is 141 Å². The van der Waals surface area contributed by atoms with E-state index in [4.69, 9.17) is 28.4 Å². The van der Waals surface area contributed by atoms with E-state index in [-0.39, 0.29) is 76.9 Å². The third-order valence-corrected chi connectivity index (χ3v) is 28.1. The predicted molar refractivity (Wildman–Crippen MR) is 570 cm³/mol. The second-order valence-electron chi connectivity index (χ2n) is 36.9. The van der Waals surface area contributed by atoms with Crippen molar-refractivity contribution in [3.8, 4) is 28.7 Å². The molecule has 13 heterocycles. The Balaban J connectivity index is 0.000000146. The third-order valence-electron chi connectivity index (χ3n) is 23.1. The van der Waals surface area contributed by atoms with Crippen LogP contribution in [0.1, 0.15) is 228 Å². The predicted octanol–water partition coefficient (Wildman–Crippen LogP) is 23.6. The minimum absolute atomic E-state index is 0.0152. The summed E-state index contributed by atoms with van der Waals surface area (Å²) in [4.78, 5) is 134. The van der Waals surface area contributed by atoms with Crippen molar-refractivity contribution in [2.24, 2.45) is 17.8 Å². The van der Waals surface area contributed by atoms with Gasteiger partial charge in [-0.15, -0.1) is 0 Å². The molecule has 7 N–H and O–H groups in total. The molecule has 148 heavy (non-hydrogen) atoms. The van der Waals surface area contributed by atoms with Crippen molar-refractivity contribution in [2.75, 3.05) is 86.6 Å². The Morgan fingerprint density at radius 3 is 0.899 bits per heavy atom. The van der Waals surface area contributed by atoms with Crippen LogP contribution in [0.15, 0.2) is 123 Å². The Morgan fingerprint density at radius 2 is 0.628 bits per heavy atom. The third kappa shape index (κ3) is 31.5. The molecule has 18 rings (SSSR count). The molecule has 3 aliphatic rings. The van der Waals surface area contributed by atoms with E-state index < -0.39 is 11.6 Å². The normalized spacial score (nSPS) is 13.6. The summed E-state index contributed by atoms with van der Waals surface area (Å²) in [7, 11) is 3.96. The monoisotopic (exact) mass is 2120 g/mol. The minimum atomic E-state index is -0.392. The highest BCUT2D eigenvalue weighted by Gasteiger charge is 2.30. The number of halogens is 5. The number of ether oxygens (including phenoxy) is 6. The second-order valence-corrected chi connectivity index (χ2v) is 41.8. The standard InChI is InChI=1S/C22H26FN5O2S.C21H24FN5O2S.C21H23FN4O3S.C21H25FN4O2S.C19H22FN5O2S/c1-13(2)30-18-11-15(23)4-5-16(18)26-20-19-22(25-12-24-20)31-21(27-19)17(29)10-14-6-8-28(3)9-7-14;1-12(2)29-17-10-14(22)3-4-15(17)26-19-18-21(25-11-24-19)30-20(27-18)16(28)9-13-5-7-23-8-6-13;1-12(2)29-17-10-14(22)3-4-15(17)25-19-18-21(24-11-23-19)30-20(26-18)16(27)9-13-5-7-28-8-6-13;1-4-5-6-7-8-16(27)20-26-18-19(23-12-24-21(18)29-20)25-15-10-9-14(22)11-17(15)28-13(2)3;1-11(2)27-15-9-12(20)6-7-13(15)24-17-16-19(23-10-22-17)28-18(25-16)14(26)5-4-8-21-3/h4-5,11-14H,6-10H2,1-3H3,(H,24,25,26);3-4,10-13,23H,5-9H2,1-2H3,(H,24,25,26);3-4,10-13H,5-9H2,1-2H3,(H,23,24,25);9-13H,4-8H2,1-3H3,(H,23,24,25);6-7,9-11,21H,4-5,8H2,1-3H3,(H,22,23,24). The van der Waals surface area contributed by atoms with Crippen LogP contribution in [-0.2, 0) is 4.74 Å². The van der Waals surface area contributed by atoms with Crippen LogP contribution in [0.2, 0.25) is 0 Å². The molecule has 5 aromatic carbocycles. The number of rotatable bonds is 40. The van der Waals surface area contributed by atoms with Gasteiger partial charge in [0.25, 0.3) is 0 Å². The Kier molecular flexibility index (Phi) is 40.0. The molecule has 3 aliphatic heterocycles. The maximum absolute atomic E-state index is 13.7. The van der Waals surface area contributed by atoms with Gasteiger partial charge >= 0.3 is 0 Å². The number of anilines is 10. The van der Waals surface area contributed by atoms with Gasteiger partial charge in [-0.1, -0.05) is 82.9 Å². The van der Waals surface area contributed by atoms with Crippen molar-refractivity contribution in [3.05, 3.63) is 177 Å². The van der Waals surface area contributed by atoms with Gasteiger partial charge in [0.2, 0.25) is 0 Å². The molecule has 0 aliphatic carbocycles. The Morgan fingerprint density at radius 1 is 0.365 bits per heavy atom. The molecular formula is C104H120F5N23O11S5. The number of piperidine rings is 2. The number of benzene rings is 5. The van der Waals surface area contributed by atoms with Gasteiger partial charge < -0.3 is 70.5 Å². The van der Waals surface area contributed by atoms with E-state index in [0.717, 1.165) is 103 Å². The average molecular weight is 2120 g/mol. The number of nitrogens with zero attached hydrogens (tertiary/aromatic N) is 16. The lowest BCUT2D eigenvalue weighted by atomic mass is 9.92. The number of nitrogens with one attached hydrogen (secondary N) is 7. The fraction of sp³-hybridized carbons (Fsp3) is 0.423. The summed E-state index contributed by atoms with van der Waals surface area (Å²) >= 11 is 6.33. The summed E-state index contributed by atoms with van der Waals surface area (Å²) in [5.74, 6) is 3.46. The van der Waals surface area contributed by atoms with Gasteiger partial charge in [-0.05, 0) is 246 Å². The molecule has 3 saturated heterocycles. The number of fused-ring (bicyclic) bond motifs is 5. The largest absolute Gasteiger partial charge is 0.489 e. The zero-order chi connectivity index (χ0) is 105. The zero-order valence-electron chi connectivity index (χ0n) is 84.5. The molecule has 10 aromatic heterocycles. The maximum Gasteiger partial charge on any atom is 0.191 e. The summed E-state index contributed by atoms with van der Waals surface area (Å²) in [5.41, 5.74) is 5.42. The number of aromatic nitrogens is 15. The van der Waals surface area contributed by atoms with E-state index in [1.165, 1.54) is 149 Å². The second kappa shape index (κ2) is 53.6. The summed E-state index contributed by atoms with van der Waals surface area (Å²) in [6.07, 6.45) is 19.7. The molecule has 0 bridgehead atoms. The van der Waals surface area contributed by atoms with Gasteiger partial charge in [0.05, 0.1) is 59.0 Å². The first-order valence-corrected chi connectivity index (χ1v) is 53.4. The summed E-state index contributed by atoms with van der Waals surface area (Å²) in [6, 6.07) is 21.3. The van der Waals surface area contributed by atoms with Crippen LogP contribution < -0.4 is 60.9 Å². The Labute approximate surface area is 873 Å². The first-order chi connectivity index (χ1) is 71.3. The van der Waals surface area contributed by atoms with Gasteiger partial charge in [0.15, 0.2) is 83.0 Å². The molecule has 34 nitrogen and oxygen atoms in total. The number of likely N-dealkylation sites (tertiary alicyclic amines) is 1. The van der Waals surface area contributed by atoms with Crippen molar-refractivity contribution in [3.63, 3.8) is 0 Å². The molecule has 0 spiro atoms. The highest BCUT2D eigenvalue weighted by molar-refractivity contribution is 7.21. The smallest absolute Gasteiger partial charge is 0.191 e. The highest BCUT2D eigenvalue weighted by Crippen LogP contribution is 2.42. The topological polar surface area (TPSA) is 422 Å². The van der Waals surface area contributed by atoms with Gasteiger partial charge in [-0.3, -0.25) is 24.0 Å². The number of carbonyl (C=O) groups is 5. The van der Waals surface area contributed by atoms with E-state index in [9.17, 15) is 45.9 Å². The van der Waals surface area contributed by atoms with Crippen LogP contribution in [0.3, 0.4) is 0 Å². The highest BCUT2D eigenvalue weighted by atomic mass is 32.1. The number of carbonyl (C=O) groups excluding carboxylic acids is 5. The number of unbranched alkanes of at least 4 members (excludes halogenated alkanes) is 3.